The van der Waals surface area contributed by atoms with Crippen LogP contribution in [0, 0.1) is 0 Å². The number of pyridine rings is 1. The maximum atomic E-state index is 12.2. The predicted molar refractivity (Wildman–Crippen MR) is 88.9 cm³/mol. The van der Waals surface area contributed by atoms with Gasteiger partial charge in [-0.2, -0.15) is 0 Å². The second-order valence-electron chi connectivity index (χ2n) is 4.50. The van der Waals surface area contributed by atoms with Gasteiger partial charge in [-0.15, -0.1) is 11.3 Å². The van der Waals surface area contributed by atoms with Crippen LogP contribution < -0.4 is 10.9 Å². The normalized spacial score (nSPS) is 10.7. The Bertz CT molecular complexity index is 852. The summed E-state index contributed by atoms with van der Waals surface area (Å²) >= 11 is 4.85. The zero-order chi connectivity index (χ0) is 14.8. The number of nitrogens with one attached hydrogen (secondary N) is 1. The molecule has 0 aliphatic carbocycles. The summed E-state index contributed by atoms with van der Waals surface area (Å²) in [6, 6.07) is 10.9. The zero-order valence-corrected chi connectivity index (χ0v) is 13.3. The number of anilines is 1. The first-order valence-corrected chi connectivity index (χ1v) is 7.93. The topological polar surface area (TPSA) is 51.1 Å². The van der Waals surface area contributed by atoms with E-state index in [4.69, 9.17) is 0 Å². The molecule has 0 saturated heterocycles. The van der Waals surface area contributed by atoms with Crippen LogP contribution in [0.4, 0.5) is 5.69 Å². The smallest absolute Gasteiger partial charge is 0.259 e. The molecule has 3 rings (SSSR count). The number of amides is 1. The summed E-state index contributed by atoms with van der Waals surface area (Å²) in [5.74, 6) is -0.228. The van der Waals surface area contributed by atoms with Crippen molar-refractivity contribution in [2.45, 2.75) is 6.54 Å². The van der Waals surface area contributed by atoms with E-state index in [1.54, 1.807) is 24.4 Å². The molecule has 2 heterocycles. The van der Waals surface area contributed by atoms with Gasteiger partial charge < -0.3 is 9.88 Å². The Labute approximate surface area is 133 Å². The first-order valence-electron chi connectivity index (χ1n) is 6.25. The summed E-state index contributed by atoms with van der Waals surface area (Å²) < 4.78 is 3.30. The van der Waals surface area contributed by atoms with E-state index in [9.17, 15) is 9.59 Å². The third-order valence-electron chi connectivity index (χ3n) is 3.03. The molecule has 2 aromatic heterocycles. The Morgan fingerprint density at radius 3 is 2.71 bits per heavy atom. The highest BCUT2D eigenvalue weighted by Crippen LogP contribution is 2.16. The molecule has 0 aliphatic heterocycles. The highest BCUT2D eigenvalue weighted by atomic mass is 79.9. The Morgan fingerprint density at radius 2 is 1.95 bits per heavy atom. The Morgan fingerprint density at radius 1 is 1.19 bits per heavy atom. The van der Waals surface area contributed by atoms with Crippen molar-refractivity contribution in [3.05, 3.63) is 62.8 Å². The molecule has 1 amide bonds. The minimum Gasteiger partial charge on any atom is -0.325 e. The van der Waals surface area contributed by atoms with Gasteiger partial charge in [0.15, 0.2) is 0 Å². The van der Waals surface area contributed by atoms with E-state index in [1.807, 2.05) is 23.6 Å². The van der Waals surface area contributed by atoms with Crippen LogP contribution in [0.5, 0.6) is 0 Å². The van der Waals surface area contributed by atoms with Crippen LogP contribution in [-0.4, -0.2) is 10.5 Å². The SMILES string of the molecule is O=C(Cn1ccc2sccc2c1=O)Nc1ccc(Br)cc1. The van der Waals surface area contributed by atoms with Crippen LogP contribution in [-0.2, 0) is 11.3 Å². The van der Waals surface area contributed by atoms with E-state index in [0.717, 1.165) is 9.17 Å². The number of aromatic nitrogens is 1. The lowest BCUT2D eigenvalue weighted by Gasteiger charge is -2.07. The van der Waals surface area contributed by atoms with Crippen molar-refractivity contribution in [1.29, 1.82) is 0 Å². The molecule has 3 aromatic rings. The summed E-state index contributed by atoms with van der Waals surface area (Å²) in [5, 5.41) is 5.29. The molecule has 0 fully saturated rings. The second-order valence-corrected chi connectivity index (χ2v) is 6.37. The fourth-order valence-corrected chi connectivity index (χ4v) is 3.06. The first-order chi connectivity index (χ1) is 10.1. The van der Waals surface area contributed by atoms with Gasteiger partial charge in [-0.25, -0.2) is 0 Å². The van der Waals surface area contributed by atoms with Crippen molar-refractivity contribution in [2.75, 3.05) is 5.32 Å². The molecule has 1 aromatic carbocycles. The van der Waals surface area contributed by atoms with Gasteiger partial charge in [-0.1, -0.05) is 15.9 Å². The highest BCUT2D eigenvalue weighted by Gasteiger charge is 2.08. The van der Waals surface area contributed by atoms with E-state index in [-0.39, 0.29) is 18.0 Å². The van der Waals surface area contributed by atoms with Gasteiger partial charge in [0, 0.05) is 21.1 Å². The summed E-state index contributed by atoms with van der Waals surface area (Å²) in [4.78, 5) is 24.2. The third kappa shape index (κ3) is 3.06. The van der Waals surface area contributed by atoms with Crippen molar-refractivity contribution < 1.29 is 4.79 Å². The summed E-state index contributed by atoms with van der Waals surface area (Å²) in [6.45, 7) is 0.000679. The van der Waals surface area contributed by atoms with Crippen LogP contribution in [0.3, 0.4) is 0 Å². The number of halogens is 1. The number of hydrogen-bond donors (Lipinski definition) is 1. The van der Waals surface area contributed by atoms with Gasteiger partial charge in [0.1, 0.15) is 6.54 Å². The molecule has 0 bridgehead atoms. The molecular weight excluding hydrogens is 352 g/mol. The Kier molecular flexibility index (Phi) is 3.90. The van der Waals surface area contributed by atoms with Gasteiger partial charge in [0.05, 0.1) is 5.39 Å². The van der Waals surface area contributed by atoms with Gasteiger partial charge in [-0.05, 0) is 41.8 Å². The minimum atomic E-state index is -0.228. The number of carbonyl (C=O) groups excluding carboxylic acids is 1. The van der Waals surface area contributed by atoms with Crippen molar-refractivity contribution in [3.8, 4) is 0 Å². The number of hydrogen-bond acceptors (Lipinski definition) is 3. The molecule has 0 unspecified atom stereocenters. The van der Waals surface area contributed by atoms with Crippen molar-refractivity contribution in [2.24, 2.45) is 0 Å². The van der Waals surface area contributed by atoms with E-state index in [1.165, 1.54) is 15.9 Å². The molecule has 6 heteroatoms. The molecule has 106 valence electrons. The summed E-state index contributed by atoms with van der Waals surface area (Å²) in [7, 11) is 0. The average molecular weight is 363 g/mol. The van der Waals surface area contributed by atoms with E-state index in [2.05, 4.69) is 21.2 Å². The van der Waals surface area contributed by atoms with Gasteiger partial charge in [0.2, 0.25) is 5.91 Å². The van der Waals surface area contributed by atoms with Crippen molar-refractivity contribution in [3.63, 3.8) is 0 Å². The zero-order valence-electron chi connectivity index (χ0n) is 10.9. The summed E-state index contributed by atoms with van der Waals surface area (Å²) in [5.41, 5.74) is 0.563. The van der Waals surface area contributed by atoms with Gasteiger partial charge in [-0.3, -0.25) is 9.59 Å². The van der Waals surface area contributed by atoms with Crippen LogP contribution >= 0.6 is 27.3 Å². The minimum absolute atomic E-state index is 0.000679. The molecule has 0 atom stereocenters. The van der Waals surface area contributed by atoms with Crippen molar-refractivity contribution >= 4 is 48.9 Å². The molecule has 21 heavy (non-hydrogen) atoms. The van der Waals surface area contributed by atoms with Crippen molar-refractivity contribution in [1.82, 2.24) is 4.57 Å². The Balaban J connectivity index is 1.78. The van der Waals surface area contributed by atoms with Crippen LogP contribution in [0.25, 0.3) is 10.1 Å². The summed E-state index contributed by atoms with van der Waals surface area (Å²) in [6.07, 6.45) is 1.66. The van der Waals surface area contributed by atoms with E-state index in [0.29, 0.717) is 11.1 Å². The van der Waals surface area contributed by atoms with Gasteiger partial charge in [0.25, 0.3) is 5.56 Å². The number of fused-ring (bicyclic) bond motifs is 1. The number of nitrogens with zero attached hydrogens (tertiary/aromatic N) is 1. The standard InChI is InChI=1S/C15H11BrN2O2S/c16-10-1-3-11(4-2-10)17-14(19)9-18-7-5-13-12(15(18)20)6-8-21-13/h1-8H,9H2,(H,17,19). The second kappa shape index (κ2) is 5.83. The number of carbonyl (C=O) groups is 1. The number of benzene rings is 1. The molecule has 0 spiro atoms. The third-order valence-corrected chi connectivity index (χ3v) is 4.44. The maximum absolute atomic E-state index is 12.2. The molecular formula is C15H11BrN2O2S. The van der Waals surface area contributed by atoms with Gasteiger partial charge >= 0.3 is 0 Å². The number of thiophene rings is 1. The average Bonchev–Trinajstić information content (AvgIpc) is 2.94. The lowest BCUT2D eigenvalue weighted by Crippen LogP contribution is -2.26. The lowest BCUT2D eigenvalue weighted by atomic mass is 10.3. The monoisotopic (exact) mass is 362 g/mol. The number of rotatable bonds is 3. The van der Waals surface area contributed by atoms with Crippen LogP contribution in [0.2, 0.25) is 0 Å². The van der Waals surface area contributed by atoms with Crippen LogP contribution in [0.15, 0.2) is 57.2 Å². The highest BCUT2D eigenvalue weighted by molar-refractivity contribution is 9.10. The Hall–Kier alpha value is -1.92. The molecule has 4 nitrogen and oxygen atoms in total. The quantitative estimate of drug-likeness (QED) is 0.775. The van der Waals surface area contributed by atoms with E-state index >= 15 is 0 Å². The largest absolute Gasteiger partial charge is 0.325 e. The fraction of sp³-hybridized carbons (Fsp3) is 0.0667. The fourth-order valence-electron chi connectivity index (χ4n) is 2.02. The molecule has 0 radical (unpaired) electrons. The molecule has 0 saturated carbocycles. The predicted octanol–water partition coefficient (Wildman–Crippen LogP) is 3.46. The molecule has 0 aliphatic rings. The molecule has 1 N–H and O–H groups in total. The van der Waals surface area contributed by atoms with E-state index < -0.39 is 0 Å². The maximum Gasteiger partial charge on any atom is 0.259 e. The van der Waals surface area contributed by atoms with Crippen LogP contribution in [0.1, 0.15) is 0 Å². The first kappa shape index (κ1) is 14.0. The lowest BCUT2D eigenvalue weighted by molar-refractivity contribution is -0.116.